The Bertz CT molecular complexity index is 621. The molecular weight excluding hydrogens is 242 g/mol. The van der Waals surface area contributed by atoms with Gasteiger partial charge in [-0.1, -0.05) is 66.8 Å². The Labute approximate surface area is 120 Å². The highest BCUT2D eigenvalue weighted by Crippen LogP contribution is 2.38. The largest absolute Gasteiger partial charge is 0.378 e. The maximum absolute atomic E-state index is 2.27. The molecule has 3 rings (SSSR count). The minimum Gasteiger partial charge on any atom is -0.378 e. The van der Waals surface area contributed by atoms with Gasteiger partial charge in [-0.15, -0.1) is 0 Å². The second kappa shape index (κ2) is 5.01. The highest BCUT2D eigenvalue weighted by Gasteiger charge is 2.30. The number of anilines is 1. The molecule has 0 aliphatic heterocycles. The Morgan fingerprint density at radius 2 is 1.25 bits per heavy atom. The van der Waals surface area contributed by atoms with Gasteiger partial charge in [0.05, 0.1) is 5.41 Å². The molecule has 0 amide bonds. The van der Waals surface area contributed by atoms with Crippen molar-refractivity contribution in [2.75, 3.05) is 19.0 Å². The molecule has 20 heavy (non-hydrogen) atoms. The van der Waals surface area contributed by atoms with Crippen molar-refractivity contribution in [3.63, 3.8) is 0 Å². The zero-order valence-corrected chi connectivity index (χ0v) is 12.0. The summed E-state index contributed by atoms with van der Waals surface area (Å²) in [5, 5.41) is 0. The van der Waals surface area contributed by atoms with Crippen LogP contribution in [0, 0.1) is 0 Å². The van der Waals surface area contributed by atoms with E-state index in [9.17, 15) is 0 Å². The summed E-state index contributed by atoms with van der Waals surface area (Å²) in [6.45, 7) is 0. The van der Waals surface area contributed by atoms with Crippen LogP contribution in [-0.4, -0.2) is 14.1 Å². The highest BCUT2D eigenvalue weighted by molar-refractivity contribution is 5.56. The van der Waals surface area contributed by atoms with Crippen LogP contribution in [-0.2, 0) is 5.41 Å². The first-order chi connectivity index (χ1) is 9.72. The zero-order chi connectivity index (χ0) is 14.0. The third kappa shape index (κ3) is 2.05. The summed E-state index contributed by atoms with van der Waals surface area (Å²) in [4.78, 5) is 2.12. The number of benzene rings is 2. The van der Waals surface area contributed by atoms with Crippen LogP contribution in [0.15, 0.2) is 78.9 Å². The van der Waals surface area contributed by atoms with Crippen LogP contribution in [0.2, 0.25) is 0 Å². The van der Waals surface area contributed by atoms with Gasteiger partial charge in [-0.25, -0.2) is 0 Å². The zero-order valence-electron chi connectivity index (χ0n) is 12.0. The number of rotatable bonds is 3. The number of nitrogens with zero attached hydrogens (tertiary/aromatic N) is 1. The standard InChI is InChI=1S/C19H19N/c1-20(2)18-12-10-17(11-13-18)19(14-6-7-15-19)16-8-4-3-5-9-16/h3-15H,1-2H3. The van der Waals surface area contributed by atoms with E-state index in [1.165, 1.54) is 16.8 Å². The fourth-order valence-electron chi connectivity index (χ4n) is 2.77. The van der Waals surface area contributed by atoms with Gasteiger partial charge in [0, 0.05) is 19.8 Å². The van der Waals surface area contributed by atoms with Gasteiger partial charge in [0.15, 0.2) is 0 Å². The summed E-state index contributed by atoms with van der Waals surface area (Å²) in [6, 6.07) is 19.5. The van der Waals surface area contributed by atoms with Crippen molar-refractivity contribution < 1.29 is 0 Å². The molecule has 1 heteroatoms. The third-order valence-electron chi connectivity index (χ3n) is 3.94. The Balaban J connectivity index is 2.08. The fraction of sp³-hybridized carbons (Fsp3) is 0.158. The van der Waals surface area contributed by atoms with Crippen LogP contribution in [0.1, 0.15) is 11.1 Å². The molecule has 0 atom stereocenters. The quantitative estimate of drug-likeness (QED) is 0.801. The first-order valence-electron chi connectivity index (χ1n) is 6.93. The number of hydrogen-bond acceptors (Lipinski definition) is 1. The smallest absolute Gasteiger partial charge is 0.0568 e. The molecule has 2 aromatic rings. The molecule has 0 spiro atoms. The second-order valence-electron chi connectivity index (χ2n) is 5.39. The van der Waals surface area contributed by atoms with Crippen molar-refractivity contribution in [2.45, 2.75) is 5.41 Å². The van der Waals surface area contributed by atoms with E-state index >= 15 is 0 Å². The second-order valence-corrected chi connectivity index (χ2v) is 5.39. The van der Waals surface area contributed by atoms with E-state index in [-0.39, 0.29) is 5.41 Å². The SMILES string of the molecule is CN(C)c1ccc(C2(c3ccccc3)C=CC=C2)cc1. The van der Waals surface area contributed by atoms with Gasteiger partial charge in [0.1, 0.15) is 0 Å². The minimum atomic E-state index is -0.119. The van der Waals surface area contributed by atoms with E-state index in [4.69, 9.17) is 0 Å². The summed E-state index contributed by atoms with van der Waals surface area (Å²) in [6.07, 6.45) is 8.81. The topological polar surface area (TPSA) is 3.24 Å². The Morgan fingerprint density at radius 3 is 1.80 bits per heavy atom. The van der Waals surface area contributed by atoms with Gasteiger partial charge >= 0.3 is 0 Å². The van der Waals surface area contributed by atoms with Crippen molar-refractivity contribution in [3.8, 4) is 0 Å². The molecule has 0 saturated heterocycles. The Morgan fingerprint density at radius 1 is 0.700 bits per heavy atom. The lowest BCUT2D eigenvalue weighted by Crippen LogP contribution is -2.21. The minimum absolute atomic E-state index is 0.119. The predicted octanol–water partition coefficient (Wildman–Crippen LogP) is 4.16. The molecular formula is C19H19N. The predicted molar refractivity (Wildman–Crippen MR) is 86.3 cm³/mol. The van der Waals surface area contributed by atoms with Crippen LogP contribution < -0.4 is 4.90 Å². The first-order valence-corrected chi connectivity index (χ1v) is 6.93. The van der Waals surface area contributed by atoms with Crippen LogP contribution in [0.3, 0.4) is 0 Å². The van der Waals surface area contributed by atoms with Gasteiger partial charge in [-0.05, 0) is 23.3 Å². The Kier molecular flexibility index (Phi) is 3.19. The number of allylic oxidation sites excluding steroid dienone is 4. The molecule has 1 aliphatic carbocycles. The molecule has 0 aromatic heterocycles. The average molecular weight is 261 g/mol. The Hall–Kier alpha value is -2.28. The van der Waals surface area contributed by atoms with Gasteiger partial charge in [-0.3, -0.25) is 0 Å². The van der Waals surface area contributed by atoms with E-state index in [2.05, 4.69) is 97.9 Å². The summed E-state index contributed by atoms with van der Waals surface area (Å²) < 4.78 is 0. The van der Waals surface area contributed by atoms with Crippen molar-refractivity contribution in [2.24, 2.45) is 0 Å². The monoisotopic (exact) mass is 261 g/mol. The third-order valence-corrected chi connectivity index (χ3v) is 3.94. The maximum atomic E-state index is 2.27. The molecule has 0 N–H and O–H groups in total. The van der Waals surface area contributed by atoms with Crippen LogP contribution in [0.4, 0.5) is 5.69 Å². The molecule has 100 valence electrons. The number of hydrogen-bond donors (Lipinski definition) is 0. The summed E-state index contributed by atoms with van der Waals surface area (Å²) >= 11 is 0. The molecule has 0 bridgehead atoms. The van der Waals surface area contributed by atoms with E-state index in [1.807, 2.05) is 0 Å². The highest BCUT2D eigenvalue weighted by atomic mass is 15.1. The van der Waals surface area contributed by atoms with Gasteiger partial charge in [0.2, 0.25) is 0 Å². The van der Waals surface area contributed by atoms with Crippen molar-refractivity contribution in [1.82, 2.24) is 0 Å². The lowest BCUT2D eigenvalue weighted by molar-refractivity contribution is 0.828. The van der Waals surface area contributed by atoms with Crippen molar-refractivity contribution >= 4 is 5.69 Å². The van der Waals surface area contributed by atoms with Gasteiger partial charge < -0.3 is 4.90 Å². The molecule has 1 aliphatic rings. The normalized spacial score (nSPS) is 15.5. The molecule has 0 heterocycles. The molecule has 0 saturated carbocycles. The summed E-state index contributed by atoms with van der Waals surface area (Å²) in [5.41, 5.74) is 3.72. The lowest BCUT2D eigenvalue weighted by Gasteiger charge is -2.27. The van der Waals surface area contributed by atoms with E-state index < -0.39 is 0 Å². The molecule has 0 fully saturated rings. The van der Waals surface area contributed by atoms with Crippen LogP contribution >= 0.6 is 0 Å². The van der Waals surface area contributed by atoms with Crippen molar-refractivity contribution in [3.05, 3.63) is 90.0 Å². The van der Waals surface area contributed by atoms with E-state index in [1.54, 1.807) is 0 Å². The van der Waals surface area contributed by atoms with Crippen LogP contribution in [0.25, 0.3) is 0 Å². The first kappa shape index (κ1) is 12.7. The van der Waals surface area contributed by atoms with Gasteiger partial charge in [-0.2, -0.15) is 0 Å². The maximum Gasteiger partial charge on any atom is 0.0568 e. The molecule has 0 radical (unpaired) electrons. The molecule has 2 aromatic carbocycles. The average Bonchev–Trinajstić information content (AvgIpc) is 2.99. The summed E-state index contributed by atoms with van der Waals surface area (Å²) in [5.74, 6) is 0. The summed E-state index contributed by atoms with van der Waals surface area (Å²) in [7, 11) is 4.13. The fourth-order valence-corrected chi connectivity index (χ4v) is 2.77. The molecule has 0 unspecified atom stereocenters. The van der Waals surface area contributed by atoms with Gasteiger partial charge in [0.25, 0.3) is 0 Å². The van der Waals surface area contributed by atoms with E-state index in [0.29, 0.717) is 0 Å². The van der Waals surface area contributed by atoms with E-state index in [0.717, 1.165) is 0 Å². The van der Waals surface area contributed by atoms with Crippen LogP contribution in [0.5, 0.6) is 0 Å². The van der Waals surface area contributed by atoms with Crippen molar-refractivity contribution in [1.29, 1.82) is 0 Å². The molecule has 1 nitrogen and oxygen atoms in total. The lowest BCUT2D eigenvalue weighted by atomic mass is 9.76.